The Labute approximate surface area is 107 Å². The first kappa shape index (κ1) is 13.5. The Morgan fingerprint density at radius 2 is 1.74 bits per heavy atom. The van der Waals surface area contributed by atoms with Crippen LogP contribution in [0.5, 0.6) is 0 Å². The van der Waals surface area contributed by atoms with Gasteiger partial charge >= 0.3 is 0 Å². The number of hydrogen-bond donors (Lipinski definition) is 3. The highest BCUT2D eigenvalue weighted by Crippen LogP contribution is 2.28. The van der Waals surface area contributed by atoms with Gasteiger partial charge in [-0.25, -0.2) is 32.2 Å². The van der Waals surface area contributed by atoms with Gasteiger partial charge in [-0.3, -0.25) is 0 Å². The van der Waals surface area contributed by atoms with Gasteiger partial charge in [0, 0.05) is 5.56 Å². The number of nitrogens with zero attached hydrogens (tertiary/aromatic N) is 3. The normalized spacial score (nSPS) is 12.5. The third-order valence-corrected chi connectivity index (χ3v) is 4.26. The molecule has 2 rings (SSSR count). The second-order valence-electron chi connectivity index (χ2n) is 3.47. The summed E-state index contributed by atoms with van der Waals surface area (Å²) >= 11 is 0. The molecular weight excluding hydrogens is 296 g/mol. The fourth-order valence-corrected chi connectivity index (χ4v) is 3.65. The van der Waals surface area contributed by atoms with Crippen molar-refractivity contribution in [2.75, 3.05) is 0 Å². The summed E-state index contributed by atoms with van der Waals surface area (Å²) in [6.07, 6.45) is 0. The number of aromatic nitrogens is 4. The topological polar surface area (TPSA) is 175 Å². The minimum atomic E-state index is -4.35. The maximum absolute atomic E-state index is 11.6. The van der Waals surface area contributed by atoms with E-state index in [0.717, 1.165) is 6.07 Å². The van der Waals surface area contributed by atoms with Gasteiger partial charge < -0.3 is 0 Å². The number of aromatic amines is 1. The van der Waals surface area contributed by atoms with Gasteiger partial charge in [0.25, 0.3) is 0 Å². The van der Waals surface area contributed by atoms with Gasteiger partial charge in [-0.2, -0.15) is 0 Å². The molecule has 1 aromatic heterocycles. The molecule has 12 heteroatoms. The Bertz CT molecular complexity index is 811. The first-order valence-electron chi connectivity index (χ1n) is 4.64. The number of primary sulfonamides is 2. The molecule has 0 aliphatic heterocycles. The van der Waals surface area contributed by atoms with Crippen LogP contribution in [0.1, 0.15) is 0 Å². The average Bonchev–Trinajstić information content (AvgIpc) is 2.79. The fourth-order valence-electron chi connectivity index (χ4n) is 1.49. The van der Waals surface area contributed by atoms with E-state index in [1.165, 1.54) is 12.1 Å². The number of H-pyrrole nitrogens is 1. The molecule has 2 aromatic rings. The monoisotopic (exact) mass is 304 g/mol. The van der Waals surface area contributed by atoms with Crippen molar-refractivity contribution in [1.29, 1.82) is 0 Å². The lowest BCUT2D eigenvalue weighted by molar-refractivity contribution is 0.584. The first-order chi connectivity index (χ1) is 8.71. The number of rotatable bonds is 3. The highest BCUT2D eigenvalue weighted by atomic mass is 32.2. The van der Waals surface area contributed by atoms with Crippen molar-refractivity contribution in [1.82, 2.24) is 20.6 Å². The Hall–Kier alpha value is -1.89. The van der Waals surface area contributed by atoms with Crippen LogP contribution in [-0.2, 0) is 20.0 Å². The zero-order valence-electron chi connectivity index (χ0n) is 9.18. The van der Waals surface area contributed by atoms with Crippen LogP contribution >= 0.6 is 0 Å². The highest BCUT2D eigenvalue weighted by Gasteiger charge is 2.26. The van der Waals surface area contributed by atoms with Crippen molar-refractivity contribution >= 4 is 20.0 Å². The Morgan fingerprint density at radius 1 is 1.05 bits per heavy atom. The molecule has 19 heavy (non-hydrogen) atoms. The maximum atomic E-state index is 11.6. The lowest BCUT2D eigenvalue weighted by atomic mass is 10.2. The molecular formula is C7H8N6O4S2. The van der Waals surface area contributed by atoms with Crippen LogP contribution in [0.3, 0.4) is 0 Å². The van der Waals surface area contributed by atoms with Crippen LogP contribution in [0, 0.1) is 0 Å². The van der Waals surface area contributed by atoms with Crippen LogP contribution in [0.15, 0.2) is 28.0 Å². The number of nitrogens with one attached hydrogen (secondary N) is 1. The first-order valence-corrected chi connectivity index (χ1v) is 7.73. The van der Waals surface area contributed by atoms with Crippen molar-refractivity contribution in [3.05, 3.63) is 18.2 Å². The van der Waals surface area contributed by atoms with Crippen molar-refractivity contribution in [3.8, 4) is 11.4 Å². The molecule has 102 valence electrons. The number of nitrogens with two attached hydrogens (primary N) is 2. The summed E-state index contributed by atoms with van der Waals surface area (Å²) in [5.74, 6) is -0.0467. The predicted octanol–water partition coefficient (Wildman–Crippen LogP) is -1.84. The molecule has 0 bridgehead atoms. The van der Waals surface area contributed by atoms with E-state index < -0.39 is 29.8 Å². The van der Waals surface area contributed by atoms with E-state index in [1.54, 1.807) is 0 Å². The van der Waals surface area contributed by atoms with E-state index in [1.807, 2.05) is 0 Å². The standard InChI is InChI=1S/C7H8N6O4S2/c8-18(14,15)5-3-1-2-4(6(5)19(9,16)17)7-10-12-13-11-7/h1-3H,(H2,8,14,15)(H2,9,16,17)(H,10,11,12,13). The van der Waals surface area contributed by atoms with Crippen molar-refractivity contribution in [2.24, 2.45) is 10.3 Å². The molecule has 0 spiro atoms. The molecule has 0 aliphatic rings. The molecule has 0 amide bonds. The molecule has 0 radical (unpaired) electrons. The van der Waals surface area contributed by atoms with E-state index in [0.29, 0.717) is 0 Å². The van der Waals surface area contributed by atoms with Gasteiger partial charge in [-0.1, -0.05) is 6.07 Å². The minimum Gasteiger partial charge on any atom is -0.239 e. The van der Waals surface area contributed by atoms with Crippen LogP contribution in [0.2, 0.25) is 0 Å². The third-order valence-electron chi connectivity index (χ3n) is 2.17. The van der Waals surface area contributed by atoms with E-state index in [4.69, 9.17) is 10.3 Å². The molecule has 0 unspecified atom stereocenters. The van der Waals surface area contributed by atoms with Gasteiger partial charge in [-0.15, -0.1) is 5.10 Å². The second kappa shape index (κ2) is 4.34. The van der Waals surface area contributed by atoms with Gasteiger partial charge in [0.05, 0.1) is 0 Å². The van der Waals surface area contributed by atoms with Crippen molar-refractivity contribution < 1.29 is 16.8 Å². The van der Waals surface area contributed by atoms with E-state index in [-0.39, 0.29) is 11.4 Å². The Morgan fingerprint density at radius 3 is 2.21 bits per heavy atom. The van der Waals surface area contributed by atoms with Gasteiger partial charge in [0.2, 0.25) is 20.0 Å². The number of hydrogen-bond acceptors (Lipinski definition) is 7. The number of benzene rings is 1. The van der Waals surface area contributed by atoms with Crippen molar-refractivity contribution in [2.45, 2.75) is 9.79 Å². The number of tetrazole rings is 1. The predicted molar refractivity (Wildman–Crippen MR) is 62.4 cm³/mol. The highest BCUT2D eigenvalue weighted by molar-refractivity contribution is 7.92. The summed E-state index contributed by atoms with van der Waals surface area (Å²) in [5, 5.41) is 22.4. The molecule has 0 aliphatic carbocycles. The Kier molecular flexibility index (Phi) is 3.09. The molecule has 0 fully saturated rings. The minimum absolute atomic E-state index is 0.0467. The Balaban J connectivity index is 2.92. The summed E-state index contributed by atoms with van der Waals surface area (Å²) in [7, 11) is -8.62. The zero-order valence-corrected chi connectivity index (χ0v) is 10.8. The van der Waals surface area contributed by atoms with E-state index in [2.05, 4.69) is 20.6 Å². The smallest absolute Gasteiger partial charge is 0.239 e. The summed E-state index contributed by atoms with van der Waals surface area (Å²) in [6.45, 7) is 0. The van der Waals surface area contributed by atoms with Crippen LogP contribution < -0.4 is 10.3 Å². The largest absolute Gasteiger partial charge is 0.240 e. The van der Waals surface area contributed by atoms with Crippen LogP contribution in [0.4, 0.5) is 0 Å². The van der Waals surface area contributed by atoms with Crippen LogP contribution in [0.25, 0.3) is 11.4 Å². The zero-order chi connectivity index (χ0) is 14.3. The molecule has 1 aromatic carbocycles. The maximum Gasteiger partial charge on any atom is 0.240 e. The fraction of sp³-hybridized carbons (Fsp3) is 0. The summed E-state index contributed by atoms with van der Waals surface area (Å²) in [6, 6.07) is 3.63. The van der Waals surface area contributed by atoms with Crippen molar-refractivity contribution in [3.63, 3.8) is 0 Å². The summed E-state index contributed by atoms with van der Waals surface area (Å²) in [5.41, 5.74) is -0.0842. The van der Waals surface area contributed by atoms with Gasteiger partial charge in [-0.05, 0) is 22.6 Å². The molecule has 10 nitrogen and oxygen atoms in total. The molecule has 1 heterocycles. The second-order valence-corrected chi connectivity index (χ2v) is 6.50. The molecule has 0 atom stereocenters. The average molecular weight is 304 g/mol. The quantitative estimate of drug-likeness (QED) is 0.596. The molecule has 0 saturated heterocycles. The lowest BCUT2D eigenvalue weighted by Crippen LogP contribution is -2.21. The summed E-state index contributed by atoms with van der Waals surface area (Å²) < 4.78 is 46.0. The van der Waals surface area contributed by atoms with Crippen LogP contribution in [-0.4, -0.2) is 37.5 Å². The van der Waals surface area contributed by atoms with Gasteiger partial charge in [0.1, 0.15) is 9.79 Å². The molecule has 0 saturated carbocycles. The summed E-state index contributed by atoms with van der Waals surface area (Å²) in [4.78, 5) is -1.28. The SMILES string of the molecule is NS(=O)(=O)c1cccc(-c2nnn[nH]2)c1S(N)(=O)=O. The van der Waals surface area contributed by atoms with Gasteiger partial charge in [0.15, 0.2) is 5.82 Å². The third kappa shape index (κ3) is 2.60. The lowest BCUT2D eigenvalue weighted by Gasteiger charge is -2.09. The van der Waals surface area contributed by atoms with E-state index in [9.17, 15) is 16.8 Å². The molecule has 5 N–H and O–H groups in total. The number of sulfonamides is 2. The van der Waals surface area contributed by atoms with E-state index >= 15 is 0 Å².